The third kappa shape index (κ3) is 6.00. The number of esters is 2. The monoisotopic (exact) mass is 636 g/mol. The Morgan fingerprint density at radius 2 is 1.39 bits per heavy atom. The lowest BCUT2D eigenvalue weighted by Gasteiger charge is -2.61. The maximum absolute atomic E-state index is 11.3. The van der Waals surface area contributed by atoms with Crippen molar-refractivity contribution in [1.29, 1.82) is 0 Å². The lowest BCUT2D eigenvalue weighted by molar-refractivity contribution is -0.627. The summed E-state index contributed by atoms with van der Waals surface area (Å²) in [6.07, 6.45) is 1.96. The lowest BCUT2D eigenvalue weighted by Crippen LogP contribution is -2.73. The van der Waals surface area contributed by atoms with Gasteiger partial charge in [0.1, 0.15) is 17.3 Å². The summed E-state index contributed by atoms with van der Waals surface area (Å²) in [5.74, 6) is 0.300. The van der Waals surface area contributed by atoms with Crippen LogP contribution in [0, 0.1) is 21.7 Å². The van der Waals surface area contributed by atoms with Crippen LogP contribution in [0.3, 0.4) is 0 Å². The number of ether oxygens (including phenoxy) is 4. The van der Waals surface area contributed by atoms with Crippen LogP contribution in [-0.4, -0.2) is 30.8 Å². The lowest BCUT2D eigenvalue weighted by atomic mass is 9.56. The second-order valence-corrected chi connectivity index (χ2v) is 15.2. The molecule has 2 saturated heterocycles. The number of benzene rings is 2. The molecular weight excluding hydrogens is 584 g/mol. The summed E-state index contributed by atoms with van der Waals surface area (Å²) in [7, 11) is 0. The van der Waals surface area contributed by atoms with E-state index < -0.39 is 11.4 Å². The molecule has 5 rings (SSSR count). The summed E-state index contributed by atoms with van der Waals surface area (Å²) < 4.78 is 22.7. The van der Waals surface area contributed by atoms with E-state index in [9.17, 15) is 9.59 Å². The van der Waals surface area contributed by atoms with Gasteiger partial charge in [0.05, 0.1) is 13.2 Å². The Morgan fingerprint density at radius 3 is 1.91 bits per heavy atom. The molecule has 3 aliphatic heterocycles. The van der Waals surface area contributed by atoms with E-state index in [0.29, 0.717) is 24.7 Å². The van der Waals surface area contributed by atoms with Gasteiger partial charge in [0, 0.05) is 41.2 Å². The maximum atomic E-state index is 11.3. The first-order valence-corrected chi connectivity index (χ1v) is 16.3. The van der Waals surface area contributed by atoms with Gasteiger partial charge in [-0.3, -0.25) is 9.59 Å². The molecule has 3 aliphatic rings. The number of carbonyl (C=O) groups excluding carboxylic acids is 2. The second-order valence-electron chi connectivity index (χ2n) is 15.2. The summed E-state index contributed by atoms with van der Waals surface area (Å²) in [5.41, 5.74) is 2.14. The third-order valence-electron chi connectivity index (χ3n) is 10.0. The van der Waals surface area contributed by atoms with Gasteiger partial charge in [0.25, 0.3) is 5.79 Å². The van der Waals surface area contributed by atoms with Gasteiger partial charge in [0.15, 0.2) is 5.60 Å². The molecule has 46 heavy (non-hydrogen) atoms. The zero-order valence-electron chi connectivity index (χ0n) is 29.7. The van der Waals surface area contributed by atoms with Crippen LogP contribution in [0.1, 0.15) is 107 Å². The molecule has 2 unspecified atom stereocenters. The molecule has 2 aromatic carbocycles. The molecule has 0 amide bonds. The van der Waals surface area contributed by atoms with Crippen LogP contribution in [0.5, 0.6) is 11.5 Å². The maximum Gasteiger partial charge on any atom is 0.308 e. The number of hydrogen-bond acceptors (Lipinski definition) is 8. The zero-order valence-corrected chi connectivity index (χ0v) is 29.7. The summed E-state index contributed by atoms with van der Waals surface area (Å²) >= 11 is 0. The molecular formula is C38H52O8. The first-order chi connectivity index (χ1) is 21.3. The Kier molecular flexibility index (Phi) is 9.64. The van der Waals surface area contributed by atoms with E-state index in [0.717, 1.165) is 29.7 Å². The highest BCUT2D eigenvalue weighted by Gasteiger charge is 2.81. The van der Waals surface area contributed by atoms with Gasteiger partial charge < -0.3 is 18.9 Å². The van der Waals surface area contributed by atoms with Crippen molar-refractivity contribution >= 4 is 17.7 Å². The highest BCUT2D eigenvalue weighted by atomic mass is 17.3. The minimum Gasteiger partial charge on any atom is -0.492 e. The van der Waals surface area contributed by atoms with Crippen molar-refractivity contribution in [2.45, 2.75) is 107 Å². The molecule has 3 heterocycles. The number of carbonyl (C=O) groups is 2. The van der Waals surface area contributed by atoms with Crippen molar-refractivity contribution in [3.05, 3.63) is 65.2 Å². The average molecular weight is 637 g/mol. The highest BCUT2D eigenvalue weighted by molar-refractivity contribution is 5.72. The minimum absolute atomic E-state index is 0.00623. The third-order valence-corrected chi connectivity index (χ3v) is 10.0. The van der Waals surface area contributed by atoms with E-state index >= 15 is 0 Å². The average Bonchev–Trinajstić information content (AvgIpc) is 3.36. The van der Waals surface area contributed by atoms with Gasteiger partial charge in [0.2, 0.25) is 0 Å². The van der Waals surface area contributed by atoms with Crippen molar-refractivity contribution in [3.63, 3.8) is 0 Å². The van der Waals surface area contributed by atoms with Crippen molar-refractivity contribution in [2.75, 3.05) is 13.2 Å². The summed E-state index contributed by atoms with van der Waals surface area (Å²) in [5, 5.41) is 0. The van der Waals surface area contributed by atoms with E-state index in [1.54, 1.807) is 18.2 Å². The predicted octanol–water partition coefficient (Wildman–Crippen LogP) is 8.77. The summed E-state index contributed by atoms with van der Waals surface area (Å²) in [4.78, 5) is 33.9. The van der Waals surface area contributed by atoms with E-state index in [1.165, 1.54) is 19.4 Å². The SMILES string of the molecule is CCC(C)(C)C12OOC1(c1cccc(OC(C)=O)c1)OCC2(C)C.CCC(C)(C)C1=C(c2cccc(OC(C)=O)c2)OCC1(C)C. The van der Waals surface area contributed by atoms with Gasteiger partial charge in [-0.05, 0) is 48.1 Å². The fraction of sp³-hybridized carbons (Fsp3) is 0.579. The molecule has 0 spiro atoms. The van der Waals surface area contributed by atoms with Gasteiger partial charge in [-0.2, -0.15) is 4.89 Å². The Bertz CT molecular complexity index is 1500. The fourth-order valence-electron chi connectivity index (χ4n) is 7.46. The molecule has 2 aromatic rings. The van der Waals surface area contributed by atoms with Crippen molar-refractivity contribution in [2.24, 2.45) is 21.7 Å². The van der Waals surface area contributed by atoms with E-state index in [2.05, 4.69) is 69.2 Å². The van der Waals surface area contributed by atoms with Crippen molar-refractivity contribution in [1.82, 2.24) is 0 Å². The molecule has 8 heteroatoms. The van der Waals surface area contributed by atoms with Crippen LogP contribution in [0.15, 0.2) is 54.1 Å². The minimum atomic E-state index is -0.994. The Morgan fingerprint density at radius 1 is 0.804 bits per heavy atom. The summed E-state index contributed by atoms with van der Waals surface area (Å²) in [6.45, 7) is 25.9. The van der Waals surface area contributed by atoms with E-state index in [4.69, 9.17) is 28.7 Å². The molecule has 0 aromatic heterocycles. The first kappa shape index (κ1) is 35.7. The number of fused-ring (bicyclic) bond motifs is 1. The molecule has 2 fully saturated rings. The Balaban J connectivity index is 0.000000210. The van der Waals surface area contributed by atoms with Crippen LogP contribution in [0.25, 0.3) is 5.76 Å². The molecule has 0 radical (unpaired) electrons. The van der Waals surface area contributed by atoms with Gasteiger partial charge >= 0.3 is 11.9 Å². The largest absolute Gasteiger partial charge is 0.492 e. The Hall–Kier alpha value is -3.20. The quantitative estimate of drug-likeness (QED) is 0.161. The molecule has 252 valence electrons. The van der Waals surface area contributed by atoms with E-state index in [-0.39, 0.29) is 33.6 Å². The Labute approximate surface area is 274 Å². The van der Waals surface area contributed by atoms with Crippen LogP contribution < -0.4 is 9.47 Å². The summed E-state index contributed by atoms with van der Waals surface area (Å²) in [6, 6.07) is 14.9. The van der Waals surface area contributed by atoms with E-state index in [1.807, 2.05) is 30.3 Å². The van der Waals surface area contributed by atoms with Gasteiger partial charge in [-0.1, -0.05) is 93.5 Å². The molecule has 8 nitrogen and oxygen atoms in total. The normalized spacial score (nSPS) is 24.6. The topological polar surface area (TPSA) is 89.5 Å². The molecule has 0 aliphatic carbocycles. The fourth-order valence-corrected chi connectivity index (χ4v) is 7.46. The molecule has 0 N–H and O–H groups in total. The van der Waals surface area contributed by atoms with Gasteiger partial charge in [-0.25, -0.2) is 4.89 Å². The highest BCUT2D eigenvalue weighted by Crippen LogP contribution is 2.70. The molecule has 2 atom stereocenters. The van der Waals surface area contributed by atoms with Crippen LogP contribution in [0.4, 0.5) is 0 Å². The predicted molar refractivity (Wildman–Crippen MR) is 177 cm³/mol. The molecule has 0 saturated carbocycles. The number of hydrogen-bond donors (Lipinski definition) is 0. The smallest absolute Gasteiger partial charge is 0.308 e. The first-order valence-electron chi connectivity index (χ1n) is 16.3. The van der Waals surface area contributed by atoms with Gasteiger partial charge in [-0.15, -0.1) is 0 Å². The molecule has 0 bridgehead atoms. The standard InChI is InChI=1S/C19H26O5.C19H26O3/c1-7-16(3,4)19-17(5,6)12-21-18(19,23-24-19)14-9-8-10-15(11-14)22-13(2)20;1-7-18(3,4)17-16(21-12-19(17,5)6)14-9-8-10-15(11-14)22-13(2)20/h8-11H,7,12H2,1-6H3;8-11H,7,12H2,1-6H3. The van der Waals surface area contributed by atoms with Crippen LogP contribution in [0.2, 0.25) is 0 Å². The second kappa shape index (κ2) is 12.4. The van der Waals surface area contributed by atoms with Crippen molar-refractivity contribution in [3.8, 4) is 11.5 Å². The van der Waals surface area contributed by atoms with Crippen LogP contribution in [-0.2, 0) is 34.6 Å². The van der Waals surface area contributed by atoms with Crippen molar-refractivity contribution < 1.29 is 38.3 Å². The number of rotatable bonds is 8. The zero-order chi connectivity index (χ0) is 34.3. The van der Waals surface area contributed by atoms with Crippen LogP contribution >= 0.6 is 0 Å².